The van der Waals surface area contributed by atoms with Crippen LogP contribution in [0.25, 0.3) is 0 Å². The molecule has 2 aromatic rings. The summed E-state index contributed by atoms with van der Waals surface area (Å²) in [5.41, 5.74) is 1.24. The number of hydrogen-bond acceptors (Lipinski definition) is 4. The van der Waals surface area contributed by atoms with Gasteiger partial charge in [-0.25, -0.2) is 4.98 Å². The predicted molar refractivity (Wildman–Crippen MR) is 75.3 cm³/mol. The van der Waals surface area contributed by atoms with Crippen LogP contribution in [-0.4, -0.2) is 18.6 Å². The van der Waals surface area contributed by atoms with Gasteiger partial charge >= 0.3 is 0 Å². The van der Waals surface area contributed by atoms with Gasteiger partial charge in [0.15, 0.2) is 0 Å². The van der Waals surface area contributed by atoms with Crippen LogP contribution in [0.5, 0.6) is 5.75 Å². The number of aryl methyl sites for hydroxylation is 1. The lowest BCUT2D eigenvalue weighted by Crippen LogP contribution is -2.16. The summed E-state index contributed by atoms with van der Waals surface area (Å²) in [6.45, 7) is 3.86. The molecule has 0 bridgehead atoms. The van der Waals surface area contributed by atoms with Gasteiger partial charge in [-0.1, -0.05) is 18.2 Å². The number of para-hydroxylation sites is 1. The van der Waals surface area contributed by atoms with E-state index in [1.165, 1.54) is 10.4 Å². The van der Waals surface area contributed by atoms with E-state index in [0.717, 1.165) is 30.3 Å². The molecule has 0 aliphatic heterocycles. The van der Waals surface area contributed by atoms with Crippen molar-refractivity contribution in [1.29, 1.82) is 0 Å². The van der Waals surface area contributed by atoms with Crippen LogP contribution in [0.1, 0.15) is 15.4 Å². The van der Waals surface area contributed by atoms with Gasteiger partial charge in [-0.3, -0.25) is 0 Å². The maximum Gasteiger partial charge on any atom is 0.122 e. The molecule has 0 aliphatic carbocycles. The molecule has 0 saturated heterocycles. The second-order valence-corrected chi connectivity index (χ2v) is 5.40. The average Bonchev–Trinajstić information content (AvgIpc) is 2.81. The Labute approximate surface area is 112 Å². The first-order chi connectivity index (χ1) is 8.79. The van der Waals surface area contributed by atoms with Crippen LogP contribution in [0.2, 0.25) is 0 Å². The Kier molecular flexibility index (Phi) is 4.73. The zero-order valence-corrected chi connectivity index (χ0v) is 11.6. The smallest absolute Gasteiger partial charge is 0.122 e. The Hall–Kier alpha value is -1.39. The van der Waals surface area contributed by atoms with Gasteiger partial charge in [0, 0.05) is 17.6 Å². The fraction of sp³-hybridized carbons (Fsp3) is 0.357. The SMILES string of the molecule is COc1ccccc1CCNCc1cnc(C)s1. The minimum Gasteiger partial charge on any atom is -0.496 e. The molecule has 1 heterocycles. The van der Waals surface area contributed by atoms with Crippen molar-refractivity contribution in [3.8, 4) is 5.75 Å². The third kappa shape index (κ3) is 3.55. The Morgan fingerprint density at radius 3 is 2.89 bits per heavy atom. The van der Waals surface area contributed by atoms with Gasteiger partial charge < -0.3 is 10.1 Å². The topological polar surface area (TPSA) is 34.1 Å². The summed E-state index contributed by atoms with van der Waals surface area (Å²) in [5, 5.41) is 4.55. The van der Waals surface area contributed by atoms with Crippen molar-refractivity contribution in [2.75, 3.05) is 13.7 Å². The van der Waals surface area contributed by atoms with Crippen LogP contribution in [0.15, 0.2) is 30.5 Å². The van der Waals surface area contributed by atoms with E-state index >= 15 is 0 Å². The molecule has 18 heavy (non-hydrogen) atoms. The fourth-order valence-corrected chi connectivity index (χ4v) is 2.60. The molecule has 4 heteroatoms. The third-order valence-electron chi connectivity index (χ3n) is 2.73. The zero-order chi connectivity index (χ0) is 12.8. The number of aromatic nitrogens is 1. The van der Waals surface area contributed by atoms with Crippen molar-refractivity contribution in [3.05, 3.63) is 45.9 Å². The second-order valence-electron chi connectivity index (χ2n) is 4.08. The van der Waals surface area contributed by atoms with Crippen molar-refractivity contribution in [2.24, 2.45) is 0 Å². The summed E-state index contributed by atoms with van der Waals surface area (Å²) >= 11 is 1.74. The molecule has 0 fully saturated rings. The van der Waals surface area contributed by atoms with Crippen LogP contribution in [0.3, 0.4) is 0 Å². The molecule has 0 atom stereocenters. The van der Waals surface area contributed by atoms with Gasteiger partial charge in [-0.15, -0.1) is 11.3 Å². The number of benzene rings is 1. The molecule has 0 saturated carbocycles. The molecule has 1 N–H and O–H groups in total. The largest absolute Gasteiger partial charge is 0.496 e. The quantitative estimate of drug-likeness (QED) is 0.813. The lowest BCUT2D eigenvalue weighted by molar-refractivity contribution is 0.409. The predicted octanol–water partition coefficient (Wildman–Crippen LogP) is 2.79. The van der Waals surface area contributed by atoms with Gasteiger partial charge in [-0.05, 0) is 31.5 Å². The average molecular weight is 262 g/mol. The number of hydrogen-bond donors (Lipinski definition) is 1. The lowest BCUT2D eigenvalue weighted by atomic mass is 10.1. The Morgan fingerprint density at radius 2 is 2.17 bits per heavy atom. The van der Waals surface area contributed by atoms with Crippen LogP contribution in [0.4, 0.5) is 0 Å². The van der Waals surface area contributed by atoms with E-state index in [-0.39, 0.29) is 0 Å². The van der Waals surface area contributed by atoms with E-state index in [4.69, 9.17) is 4.74 Å². The number of nitrogens with zero attached hydrogens (tertiary/aromatic N) is 1. The normalized spacial score (nSPS) is 10.6. The third-order valence-corrected chi connectivity index (χ3v) is 3.64. The molecule has 0 unspecified atom stereocenters. The zero-order valence-electron chi connectivity index (χ0n) is 10.8. The molecule has 96 valence electrons. The number of methoxy groups -OCH3 is 1. The first-order valence-electron chi connectivity index (χ1n) is 6.03. The fourth-order valence-electron chi connectivity index (χ4n) is 1.83. The van der Waals surface area contributed by atoms with Crippen LogP contribution in [0, 0.1) is 6.92 Å². The summed E-state index contributed by atoms with van der Waals surface area (Å²) in [5.74, 6) is 0.966. The molecule has 0 radical (unpaired) electrons. The Bertz CT molecular complexity index is 496. The molecule has 2 rings (SSSR count). The molecule has 1 aromatic carbocycles. The van der Waals surface area contributed by atoms with Crippen LogP contribution in [-0.2, 0) is 13.0 Å². The first kappa shape index (κ1) is 13.1. The monoisotopic (exact) mass is 262 g/mol. The molecular weight excluding hydrogens is 244 g/mol. The maximum atomic E-state index is 5.33. The minimum absolute atomic E-state index is 0.890. The van der Waals surface area contributed by atoms with Gasteiger partial charge in [0.1, 0.15) is 5.75 Å². The van der Waals surface area contributed by atoms with E-state index in [2.05, 4.69) is 16.4 Å². The van der Waals surface area contributed by atoms with Crippen molar-refractivity contribution >= 4 is 11.3 Å². The number of ether oxygens (including phenoxy) is 1. The van der Waals surface area contributed by atoms with Crippen LogP contribution >= 0.6 is 11.3 Å². The second kappa shape index (κ2) is 6.52. The number of nitrogens with one attached hydrogen (secondary N) is 1. The van der Waals surface area contributed by atoms with E-state index in [1.54, 1.807) is 18.4 Å². The lowest BCUT2D eigenvalue weighted by Gasteiger charge is -2.08. The van der Waals surface area contributed by atoms with Crippen LogP contribution < -0.4 is 10.1 Å². The summed E-state index contributed by atoms with van der Waals surface area (Å²) < 4.78 is 5.33. The van der Waals surface area contributed by atoms with Gasteiger partial charge in [0.2, 0.25) is 0 Å². The standard InChI is InChI=1S/C14H18N2OS/c1-11-16-10-13(18-11)9-15-8-7-12-5-3-4-6-14(12)17-2/h3-6,10,15H,7-9H2,1-2H3. The minimum atomic E-state index is 0.890. The van der Waals surface area contributed by atoms with Gasteiger partial charge in [0.25, 0.3) is 0 Å². The van der Waals surface area contributed by atoms with E-state index in [1.807, 2.05) is 31.3 Å². The van der Waals surface area contributed by atoms with Crippen molar-refractivity contribution in [2.45, 2.75) is 19.9 Å². The first-order valence-corrected chi connectivity index (χ1v) is 6.85. The van der Waals surface area contributed by atoms with E-state index < -0.39 is 0 Å². The van der Waals surface area contributed by atoms with Crippen molar-refractivity contribution in [1.82, 2.24) is 10.3 Å². The Balaban J connectivity index is 1.78. The van der Waals surface area contributed by atoms with E-state index in [0.29, 0.717) is 0 Å². The molecule has 0 spiro atoms. The summed E-state index contributed by atoms with van der Waals surface area (Å²) in [6, 6.07) is 8.15. The molecular formula is C14H18N2OS. The maximum absolute atomic E-state index is 5.33. The molecule has 1 aromatic heterocycles. The summed E-state index contributed by atoms with van der Waals surface area (Å²) in [6.07, 6.45) is 2.91. The number of thiazole rings is 1. The highest BCUT2D eigenvalue weighted by atomic mass is 32.1. The highest BCUT2D eigenvalue weighted by Crippen LogP contribution is 2.17. The van der Waals surface area contributed by atoms with Gasteiger partial charge in [0.05, 0.1) is 12.1 Å². The van der Waals surface area contributed by atoms with Gasteiger partial charge in [-0.2, -0.15) is 0 Å². The molecule has 0 amide bonds. The summed E-state index contributed by atoms with van der Waals surface area (Å²) in [4.78, 5) is 5.52. The summed E-state index contributed by atoms with van der Waals surface area (Å²) in [7, 11) is 1.71. The van der Waals surface area contributed by atoms with E-state index in [9.17, 15) is 0 Å². The van der Waals surface area contributed by atoms with Crippen molar-refractivity contribution in [3.63, 3.8) is 0 Å². The highest BCUT2D eigenvalue weighted by molar-refractivity contribution is 7.11. The highest BCUT2D eigenvalue weighted by Gasteiger charge is 2.01. The van der Waals surface area contributed by atoms with Crippen molar-refractivity contribution < 1.29 is 4.74 Å². The number of rotatable bonds is 6. The Morgan fingerprint density at radius 1 is 1.33 bits per heavy atom. The molecule has 3 nitrogen and oxygen atoms in total. The molecule has 0 aliphatic rings.